The molecule has 1 aliphatic carbocycles. The van der Waals surface area contributed by atoms with Crippen LogP contribution in [-0.4, -0.2) is 24.0 Å². The van der Waals surface area contributed by atoms with Crippen LogP contribution in [0.2, 0.25) is 5.02 Å². The molecule has 4 nitrogen and oxygen atoms in total. The topological polar surface area (TPSA) is 54.0 Å². The van der Waals surface area contributed by atoms with Crippen LogP contribution >= 0.6 is 11.6 Å². The van der Waals surface area contributed by atoms with Gasteiger partial charge in [-0.15, -0.1) is 0 Å². The lowest BCUT2D eigenvalue weighted by atomic mass is 9.99. The molecule has 2 rings (SSSR count). The molecule has 1 unspecified atom stereocenters. The van der Waals surface area contributed by atoms with E-state index >= 15 is 0 Å². The molecule has 2 N–H and O–H groups in total. The summed E-state index contributed by atoms with van der Waals surface area (Å²) in [5.74, 6) is 1.09. The summed E-state index contributed by atoms with van der Waals surface area (Å²) in [5.41, 5.74) is 0.508. The summed E-state index contributed by atoms with van der Waals surface area (Å²) in [4.78, 5) is 16.3. The molecule has 104 valence electrons. The maximum Gasteiger partial charge on any atom is 0.253 e. The number of anilines is 1. The molecule has 1 aromatic heterocycles. The number of halogens is 1. The quantitative estimate of drug-likeness (QED) is 0.892. The number of carbonyl (C=O) groups is 1. The molecule has 0 aliphatic heterocycles. The summed E-state index contributed by atoms with van der Waals surface area (Å²) >= 11 is 6.03. The summed E-state index contributed by atoms with van der Waals surface area (Å²) < 4.78 is 0. The first kappa shape index (κ1) is 14.1. The molecule has 1 fully saturated rings. The molecule has 0 saturated heterocycles. The van der Waals surface area contributed by atoms with Gasteiger partial charge in [-0.25, -0.2) is 4.98 Å². The van der Waals surface area contributed by atoms with Gasteiger partial charge in [-0.05, 0) is 31.7 Å². The number of carbonyl (C=O) groups excluding carboxylic acids is 1. The van der Waals surface area contributed by atoms with Crippen LogP contribution in [0.25, 0.3) is 0 Å². The molecule has 1 aliphatic rings. The fraction of sp³-hybridized carbons (Fsp3) is 0.571. The minimum atomic E-state index is -0.101. The average Bonchev–Trinajstić information content (AvgIpc) is 2.92. The Morgan fingerprint density at radius 1 is 1.47 bits per heavy atom. The van der Waals surface area contributed by atoms with E-state index in [0.29, 0.717) is 22.3 Å². The Hall–Kier alpha value is -1.29. The number of nitrogens with zero attached hydrogens (tertiary/aromatic N) is 1. The second-order valence-corrected chi connectivity index (χ2v) is 5.52. The number of pyridine rings is 1. The highest BCUT2D eigenvalue weighted by molar-refractivity contribution is 6.33. The molecule has 1 aromatic rings. The second-order valence-electron chi connectivity index (χ2n) is 5.11. The van der Waals surface area contributed by atoms with E-state index in [9.17, 15) is 4.79 Å². The van der Waals surface area contributed by atoms with Crippen LogP contribution in [0.1, 0.15) is 43.0 Å². The van der Waals surface area contributed by atoms with Crippen molar-refractivity contribution in [3.05, 3.63) is 22.8 Å². The van der Waals surface area contributed by atoms with Gasteiger partial charge in [-0.2, -0.15) is 0 Å². The zero-order valence-electron chi connectivity index (χ0n) is 11.4. The predicted molar refractivity (Wildman–Crippen MR) is 77.7 cm³/mol. The maximum absolute atomic E-state index is 12.1. The van der Waals surface area contributed by atoms with E-state index in [1.807, 2.05) is 0 Å². The molecule has 5 heteroatoms. The molecule has 1 atom stereocenters. The Bertz CT molecular complexity index is 458. The number of amides is 1. The first-order valence-electron chi connectivity index (χ1n) is 6.76. The minimum Gasteiger partial charge on any atom is -0.372 e. The molecule has 0 spiro atoms. The van der Waals surface area contributed by atoms with Crippen molar-refractivity contribution in [2.24, 2.45) is 5.92 Å². The average molecular weight is 282 g/mol. The molecular formula is C14H20ClN3O. The maximum atomic E-state index is 12.1. The SMILES string of the molecule is CNc1ncc(C(=O)NC(C)C2CCCC2)cc1Cl. The Morgan fingerprint density at radius 3 is 2.74 bits per heavy atom. The highest BCUT2D eigenvalue weighted by Gasteiger charge is 2.23. The van der Waals surface area contributed by atoms with Crippen molar-refractivity contribution in [3.63, 3.8) is 0 Å². The fourth-order valence-electron chi connectivity index (χ4n) is 2.61. The smallest absolute Gasteiger partial charge is 0.253 e. The van der Waals surface area contributed by atoms with E-state index in [1.54, 1.807) is 19.3 Å². The van der Waals surface area contributed by atoms with Gasteiger partial charge >= 0.3 is 0 Å². The fourth-order valence-corrected chi connectivity index (χ4v) is 2.87. The number of aromatic nitrogens is 1. The first-order chi connectivity index (χ1) is 9.11. The first-order valence-corrected chi connectivity index (χ1v) is 7.13. The van der Waals surface area contributed by atoms with Gasteiger partial charge in [0.1, 0.15) is 5.82 Å². The summed E-state index contributed by atoms with van der Waals surface area (Å²) in [6, 6.07) is 1.86. The largest absolute Gasteiger partial charge is 0.372 e. The Labute approximate surface area is 118 Å². The Kier molecular flexibility index (Phi) is 4.64. The monoisotopic (exact) mass is 281 g/mol. The molecule has 0 aromatic carbocycles. The summed E-state index contributed by atoms with van der Waals surface area (Å²) in [6.07, 6.45) is 6.51. The van der Waals surface area contributed by atoms with Gasteiger partial charge in [0.25, 0.3) is 5.91 Å². The number of rotatable bonds is 4. The third kappa shape index (κ3) is 3.38. The third-order valence-corrected chi connectivity index (χ3v) is 4.09. The van der Waals surface area contributed by atoms with E-state index < -0.39 is 0 Å². The zero-order valence-corrected chi connectivity index (χ0v) is 12.1. The van der Waals surface area contributed by atoms with Crippen molar-refractivity contribution in [2.45, 2.75) is 38.6 Å². The van der Waals surface area contributed by atoms with E-state index in [1.165, 1.54) is 25.7 Å². The van der Waals surface area contributed by atoms with Crippen LogP contribution in [0.4, 0.5) is 5.82 Å². The van der Waals surface area contributed by atoms with E-state index in [0.717, 1.165) is 0 Å². The van der Waals surface area contributed by atoms with E-state index in [4.69, 9.17) is 11.6 Å². The lowest BCUT2D eigenvalue weighted by molar-refractivity contribution is 0.0927. The van der Waals surface area contributed by atoms with Crippen molar-refractivity contribution >= 4 is 23.3 Å². The molecule has 0 radical (unpaired) electrons. The number of hydrogen-bond acceptors (Lipinski definition) is 3. The van der Waals surface area contributed by atoms with Crippen LogP contribution < -0.4 is 10.6 Å². The van der Waals surface area contributed by atoms with E-state index in [2.05, 4.69) is 22.5 Å². The lowest BCUT2D eigenvalue weighted by Gasteiger charge is -2.20. The van der Waals surface area contributed by atoms with Gasteiger partial charge < -0.3 is 10.6 Å². The van der Waals surface area contributed by atoms with Crippen molar-refractivity contribution in [1.29, 1.82) is 0 Å². The van der Waals surface area contributed by atoms with Gasteiger partial charge in [0, 0.05) is 19.3 Å². The summed E-state index contributed by atoms with van der Waals surface area (Å²) in [6.45, 7) is 2.07. The lowest BCUT2D eigenvalue weighted by Crippen LogP contribution is -2.37. The normalized spacial score (nSPS) is 17.2. The highest BCUT2D eigenvalue weighted by Crippen LogP contribution is 2.27. The van der Waals surface area contributed by atoms with Gasteiger partial charge in [0.05, 0.1) is 10.6 Å². The van der Waals surface area contributed by atoms with Gasteiger partial charge in [0.15, 0.2) is 0 Å². The van der Waals surface area contributed by atoms with Crippen molar-refractivity contribution in [1.82, 2.24) is 10.3 Å². The summed E-state index contributed by atoms with van der Waals surface area (Å²) in [7, 11) is 1.75. The predicted octanol–water partition coefficient (Wildman–Crippen LogP) is 3.09. The van der Waals surface area contributed by atoms with Crippen molar-refractivity contribution in [3.8, 4) is 0 Å². The Balaban J connectivity index is 2.01. The van der Waals surface area contributed by atoms with Gasteiger partial charge in [-0.1, -0.05) is 24.4 Å². The highest BCUT2D eigenvalue weighted by atomic mass is 35.5. The number of hydrogen-bond donors (Lipinski definition) is 2. The van der Waals surface area contributed by atoms with Gasteiger partial charge in [0.2, 0.25) is 0 Å². The summed E-state index contributed by atoms with van der Waals surface area (Å²) in [5, 5.41) is 6.38. The van der Waals surface area contributed by atoms with Crippen LogP contribution in [0.5, 0.6) is 0 Å². The molecule has 1 saturated carbocycles. The van der Waals surface area contributed by atoms with Crippen molar-refractivity contribution < 1.29 is 4.79 Å². The zero-order chi connectivity index (χ0) is 13.8. The van der Waals surface area contributed by atoms with Crippen LogP contribution in [0.15, 0.2) is 12.3 Å². The molecule has 1 amide bonds. The van der Waals surface area contributed by atoms with Crippen LogP contribution in [0.3, 0.4) is 0 Å². The molecule has 0 bridgehead atoms. The number of nitrogens with one attached hydrogen (secondary N) is 2. The third-order valence-electron chi connectivity index (χ3n) is 3.81. The van der Waals surface area contributed by atoms with Crippen molar-refractivity contribution in [2.75, 3.05) is 12.4 Å². The second kappa shape index (κ2) is 6.24. The standard InChI is InChI=1S/C14H20ClN3O/c1-9(10-5-3-4-6-10)18-14(19)11-7-12(15)13(16-2)17-8-11/h7-10H,3-6H2,1-2H3,(H,16,17)(H,18,19). The molecule has 1 heterocycles. The molecule has 19 heavy (non-hydrogen) atoms. The Morgan fingerprint density at radius 2 is 2.16 bits per heavy atom. The van der Waals surface area contributed by atoms with Gasteiger partial charge in [-0.3, -0.25) is 4.79 Å². The van der Waals surface area contributed by atoms with Crippen LogP contribution in [0, 0.1) is 5.92 Å². The molecular weight excluding hydrogens is 262 g/mol. The van der Waals surface area contributed by atoms with E-state index in [-0.39, 0.29) is 11.9 Å². The minimum absolute atomic E-state index is 0.101. The van der Waals surface area contributed by atoms with Crippen LogP contribution in [-0.2, 0) is 0 Å².